The SMILES string of the molecule is OCCOCCNCc1c(C2CC2)nc2sccn12. The molecule has 1 aliphatic carbocycles. The Labute approximate surface area is 116 Å². The molecular formula is C13H19N3O2S. The highest BCUT2D eigenvalue weighted by Gasteiger charge is 2.29. The minimum absolute atomic E-state index is 0.0873. The number of aliphatic hydroxyl groups is 1. The summed E-state index contributed by atoms with van der Waals surface area (Å²) in [6.45, 7) is 2.75. The first-order chi connectivity index (χ1) is 9.40. The summed E-state index contributed by atoms with van der Waals surface area (Å²) in [6, 6.07) is 0. The first kappa shape index (κ1) is 13.1. The average Bonchev–Trinajstić information content (AvgIpc) is 3.06. The lowest BCUT2D eigenvalue weighted by atomic mass is 10.2. The molecule has 0 atom stereocenters. The lowest BCUT2D eigenvalue weighted by Gasteiger charge is -2.06. The monoisotopic (exact) mass is 281 g/mol. The molecule has 0 radical (unpaired) electrons. The van der Waals surface area contributed by atoms with Crippen LogP contribution in [0.4, 0.5) is 0 Å². The van der Waals surface area contributed by atoms with E-state index in [1.54, 1.807) is 11.3 Å². The number of hydrogen-bond acceptors (Lipinski definition) is 5. The van der Waals surface area contributed by atoms with Crippen LogP contribution < -0.4 is 5.32 Å². The molecule has 6 heteroatoms. The van der Waals surface area contributed by atoms with Crippen LogP contribution >= 0.6 is 11.3 Å². The number of rotatable bonds is 8. The number of aliphatic hydroxyl groups excluding tert-OH is 1. The van der Waals surface area contributed by atoms with Crippen molar-refractivity contribution in [3.8, 4) is 0 Å². The van der Waals surface area contributed by atoms with Gasteiger partial charge in [-0.1, -0.05) is 0 Å². The summed E-state index contributed by atoms with van der Waals surface area (Å²) < 4.78 is 7.43. The Kier molecular flexibility index (Phi) is 4.12. The molecule has 5 nitrogen and oxygen atoms in total. The quantitative estimate of drug-likeness (QED) is 0.718. The van der Waals surface area contributed by atoms with Crippen molar-refractivity contribution in [2.75, 3.05) is 26.4 Å². The molecule has 3 rings (SSSR count). The maximum absolute atomic E-state index is 8.62. The summed E-state index contributed by atoms with van der Waals surface area (Å²) in [5.41, 5.74) is 2.57. The van der Waals surface area contributed by atoms with E-state index in [0.29, 0.717) is 19.1 Å². The van der Waals surface area contributed by atoms with Gasteiger partial charge < -0.3 is 15.2 Å². The molecule has 2 aromatic rings. The van der Waals surface area contributed by atoms with Crippen LogP contribution in [0.5, 0.6) is 0 Å². The Hall–Kier alpha value is -0.950. The van der Waals surface area contributed by atoms with Crippen LogP contribution in [-0.4, -0.2) is 40.9 Å². The Morgan fingerprint density at radius 3 is 3.16 bits per heavy atom. The maximum atomic E-state index is 8.62. The fourth-order valence-corrected chi connectivity index (χ4v) is 2.97. The molecule has 1 fully saturated rings. The Balaban J connectivity index is 1.59. The second kappa shape index (κ2) is 6.00. The van der Waals surface area contributed by atoms with Crippen LogP contribution in [-0.2, 0) is 11.3 Å². The summed E-state index contributed by atoms with van der Waals surface area (Å²) in [5.74, 6) is 0.675. The molecule has 1 aliphatic rings. The van der Waals surface area contributed by atoms with Crippen LogP contribution in [0, 0.1) is 0 Å². The topological polar surface area (TPSA) is 58.8 Å². The van der Waals surface area contributed by atoms with E-state index < -0.39 is 0 Å². The number of ether oxygens (including phenoxy) is 1. The van der Waals surface area contributed by atoms with Crippen molar-refractivity contribution >= 4 is 16.3 Å². The maximum Gasteiger partial charge on any atom is 0.194 e. The highest BCUT2D eigenvalue weighted by molar-refractivity contribution is 7.15. The van der Waals surface area contributed by atoms with Crippen molar-refractivity contribution in [3.63, 3.8) is 0 Å². The number of nitrogens with one attached hydrogen (secondary N) is 1. The van der Waals surface area contributed by atoms with Crippen LogP contribution in [0.2, 0.25) is 0 Å². The van der Waals surface area contributed by atoms with Gasteiger partial charge in [0.25, 0.3) is 0 Å². The van der Waals surface area contributed by atoms with E-state index in [-0.39, 0.29) is 6.61 Å². The Bertz CT molecular complexity index is 533. The molecule has 0 bridgehead atoms. The third-order valence-corrected chi connectivity index (χ3v) is 4.06. The fraction of sp³-hybridized carbons (Fsp3) is 0.615. The average molecular weight is 281 g/mol. The largest absolute Gasteiger partial charge is 0.394 e. The van der Waals surface area contributed by atoms with E-state index in [1.165, 1.54) is 24.2 Å². The van der Waals surface area contributed by atoms with E-state index in [4.69, 9.17) is 14.8 Å². The van der Waals surface area contributed by atoms with Gasteiger partial charge in [0.2, 0.25) is 0 Å². The molecule has 104 valence electrons. The highest BCUT2D eigenvalue weighted by atomic mass is 32.1. The van der Waals surface area contributed by atoms with Gasteiger partial charge in [0.15, 0.2) is 4.96 Å². The first-order valence-corrected chi connectivity index (χ1v) is 7.61. The van der Waals surface area contributed by atoms with Crippen molar-refractivity contribution in [2.24, 2.45) is 0 Å². The van der Waals surface area contributed by atoms with Gasteiger partial charge in [-0.25, -0.2) is 4.98 Å². The molecule has 0 unspecified atom stereocenters. The van der Waals surface area contributed by atoms with E-state index in [1.807, 2.05) is 0 Å². The molecule has 0 saturated heterocycles. The molecule has 0 spiro atoms. The Morgan fingerprint density at radius 1 is 1.47 bits per heavy atom. The predicted octanol–water partition coefficient (Wildman–Crippen LogP) is 1.37. The van der Waals surface area contributed by atoms with Crippen molar-refractivity contribution in [3.05, 3.63) is 23.0 Å². The number of hydrogen-bond donors (Lipinski definition) is 2. The molecule has 0 amide bonds. The van der Waals surface area contributed by atoms with Crippen LogP contribution in [0.1, 0.15) is 30.1 Å². The number of imidazole rings is 1. The fourth-order valence-electron chi connectivity index (χ4n) is 2.23. The summed E-state index contributed by atoms with van der Waals surface area (Å²) in [4.78, 5) is 5.83. The number of thiazole rings is 1. The van der Waals surface area contributed by atoms with E-state index in [2.05, 4.69) is 21.3 Å². The van der Waals surface area contributed by atoms with E-state index in [9.17, 15) is 0 Å². The van der Waals surface area contributed by atoms with Gasteiger partial charge >= 0.3 is 0 Å². The second-order valence-corrected chi connectivity index (χ2v) is 5.66. The van der Waals surface area contributed by atoms with Gasteiger partial charge in [-0.05, 0) is 12.8 Å². The minimum Gasteiger partial charge on any atom is -0.394 e. The molecule has 19 heavy (non-hydrogen) atoms. The molecule has 2 aromatic heterocycles. The van der Waals surface area contributed by atoms with Crippen molar-refractivity contribution in [1.82, 2.24) is 14.7 Å². The number of aromatic nitrogens is 2. The lowest BCUT2D eigenvalue weighted by molar-refractivity contribution is 0.0937. The predicted molar refractivity (Wildman–Crippen MR) is 74.7 cm³/mol. The minimum atomic E-state index is 0.0873. The summed E-state index contributed by atoms with van der Waals surface area (Å²) in [5, 5.41) is 14.1. The summed E-state index contributed by atoms with van der Waals surface area (Å²) in [7, 11) is 0. The number of fused-ring (bicyclic) bond motifs is 1. The zero-order chi connectivity index (χ0) is 13.1. The zero-order valence-electron chi connectivity index (χ0n) is 10.8. The summed E-state index contributed by atoms with van der Waals surface area (Å²) in [6.07, 6.45) is 4.65. The van der Waals surface area contributed by atoms with Gasteiger partial charge in [-0.3, -0.25) is 4.40 Å². The van der Waals surface area contributed by atoms with Crippen molar-refractivity contribution in [2.45, 2.75) is 25.3 Å². The van der Waals surface area contributed by atoms with Crippen LogP contribution in [0.15, 0.2) is 11.6 Å². The first-order valence-electron chi connectivity index (χ1n) is 6.74. The number of nitrogens with zero attached hydrogens (tertiary/aromatic N) is 2. The molecule has 2 N–H and O–H groups in total. The van der Waals surface area contributed by atoms with Crippen molar-refractivity contribution < 1.29 is 9.84 Å². The zero-order valence-corrected chi connectivity index (χ0v) is 11.7. The highest BCUT2D eigenvalue weighted by Crippen LogP contribution is 2.41. The van der Waals surface area contributed by atoms with Gasteiger partial charge in [0.1, 0.15) is 0 Å². The lowest BCUT2D eigenvalue weighted by Crippen LogP contribution is -2.21. The molecule has 0 aliphatic heterocycles. The molecule has 0 aromatic carbocycles. The van der Waals surface area contributed by atoms with Crippen molar-refractivity contribution in [1.29, 1.82) is 0 Å². The second-order valence-electron chi connectivity index (χ2n) is 4.79. The Morgan fingerprint density at radius 2 is 2.37 bits per heavy atom. The smallest absolute Gasteiger partial charge is 0.194 e. The van der Waals surface area contributed by atoms with Gasteiger partial charge in [0, 0.05) is 30.6 Å². The third kappa shape index (κ3) is 2.97. The normalized spacial score (nSPS) is 15.4. The standard InChI is InChI=1S/C13H19N3O2S/c17-5-7-18-6-3-14-9-11-12(10-1-2-10)15-13-16(11)4-8-19-13/h4,8,10,14,17H,1-3,5-7,9H2. The molecular weight excluding hydrogens is 262 g/mol. The van der Waals surface area contributed by atoms with E-state index in [0.717, 1.165) is 18.1 Å². The van der Waals surface area contributed by atoms with Gasteiger partial charge in [0.05, 0.1) is 31.2 Å². The summed E-state index contributed by atoms with van der Waals surface area (Å²) >= 11 is 1.69. The molecule has 1 saturated carbocycles. The van der Waals surface area contributed by atoms with Crippen LogP contribution in [0.3, 0.4) is 0 Å². The van der Waals surface area contributed by atoms with Gasteiger partial charge in [-0.2, -0.15) is 0 Å². The van der Waals surface area contributed by atoms with Gasteiger partial charge in [-0.15, -0.1) is 11.3 Å². The molecule has 2 heterocycles. The third-order valence-electron chi connectivity index (χ3n) is 3.31. The van der Waals surface area contributed by atoms with Crippen LogP contribution in [0.25, 0.3) is 4.96 Å². The van der Waals surface area contributed by atoms with E-state index >= 15 is 0 Å².